The molecule has 1 amide bonds. The Morgan fingerprint density at radius 3 is 2.60 bits per heavy atom. The minimum atomic E-state index is -2.50. The number of benzene rings is 2. The van der Waals surface area contributed by atoms with Crippen LogP contribution in [0.4, 0.5) is 17.1 Å². The minimum absolute atomic E-state index is 0.122. The number of allylic oxidation sites excluding steroid dienone is 1. The van der Waals surface area contributed by atoms with E-state index in [1.165, 1.54) is 0 Å². The average molecular weight is 586 g/mol. The van der Waals surface area contributed by atoms with Gasteiger partial charge in [-0.3, -0.25) is 9.69 Å². The molecule has 1 atom stereocenters. The molecule has 0 radical (unpaired) electrons. The Kier molecular flexibility index (Phi) is 8.59. The molecular weight excluding hydrogens is 549 g/mol. The second kappa shape index (κ2) is 12.1. The molecule has 3 aliphatic rings. The highest BCUT2D eigenvalue weighted by Gasteiger charge is 2.28. The predicted octanol–water partition coefficient (Wildman–Crippen LogP) is 3.23. The van der Waals surface area contributed by atoms with Crippen LogP contribution in [0.3, 0.4) is 0 Å². The van der Waals surface area contributed by atoms with Crippen molar-refractivity contribution in [3.63, 3.8) is 0 Å². The third-order valence-corrected chi connectivity index (χ3v) is 9.33. The lowest BCUT2D eigenvalue weighted by Gasteiger charge is -2.40. The number of carbonyl (C=O) groups is 1. The standard InChI is InChI=1S/C28H37ClN7O3P/c1-39-24-16-20(35-13-10-19(11-14-35)36-15-12-30-26(37)18-36)8-9-22(24)33-28-31-17-21(29)27(34-28)32-23-6-4-5-7-25(23)40(2,3)38/h4-9,16-17,19,28,32-34H,10-15,18H2,1-3H3,(H,30,37). The minimum Gasteiger partial charge on any atom is -0.495 e. The van der Waals surface area contributed by atoms with Crippen LogP contribution in [-0.2, 0) is 9.36 Å². The molecule has 2 fully saturated rings. The van der Waals surface area contributed by atoms with Crippen molar-refractivity contribution >= 4 is 53.2 Å². The summed E-state index contributed by atoms with van der Waals surface area (Å²) in [6, 6.07) is 14.1. The quantitative estimate of drug-likeness (QED) is 0.350. The Morgan fingerprint density at radius 2 is 1.88 bits per heavy atom. The topological polar surface area (TPSA) is 110 Å². The normalized spacial score (nSPS) is 20.6. The highest BCUT2D eigenvalue weighted by Crippen LogP contribution is 2.38. The van der Waals surface area contributed by atoms with E-state index in [2.05, 4.69) is 42.1 Å². The number of hydrogen-bond acceptors (Lipinski definition) is 9. The van der Waals surface area contributed by atoms with Gasteiger partial charge in [0.25, 0.3) is 0 Å². The smallest absolute Gasteiger partial charge is 0.234 e. The highest BCUT2D eigenvalue weighted by atomic mass is 35.5. The Morgan fingerprint density at radius 1 is 1.10 bits per heavy atom. The van der Waals surface area contributed by atoms with Crippen LogP contribution in [-0.4, -0.2) is 82.5 Å². The van der Waals surface area contributed by atoms with Gasteiger partial charge in [-0.2, -0.15) is 0 Å². The number of para-hydroxylation sites is 1. The lowest BCUT2D eigenvalue weighted by Crippen LogP contribution is -2.54. The van der Waals surface area contributed by atoms with Crippen molar-refractivity contribution < 1.29 is 14.1 Å². The zero-order chi connectivity index (χ0) is 28.3. The summed E-state index contributed by atoms with van der Waals surface area (Å²) in [5.74, 6) is 1.40. The van der Waals surface area contributed by atoms with Gasteiger partial charge in [0.15, 0.2) is 6.29 Å². The first kappa shape index (κ1) is 28.3. The zero-order valence-electron chi connectivity index (χ0n) is 23.1. The molecule has 0 saturated carbocycles. The summed E-state index contributed by atoms with van der Waals surface area (Å²) in [5, 5.41) is 14.1. The summed E-state index contributed by atoms with van der Waals surface area (Å²) >= 11 is 6.46. The summed E-state index contributed by atoms with van der Waals surface area (Å²) in [6.45, 7) is 7.50. The maximum Gasteiger partial charge on any atom is 0.234 e. The van der Waals surface area contributed by atoms with E-state index in [0.29, 0.717) is 29.2 Å². The van der Waals surface area contributed by atoms with Crippen molar-refractivity contribution in [1.29, 1.82) is 0 Å². The number of halogens is 1. The lowest BCUT2D eigenvalue weighted by molar-refractivity contribution is -0.125. The van der Waals surface area contributed by atoms with Crippen molar-refractivity contribution in [2.24, 2.45) is 4.99 Å². The van der Waals surface area contributed by atoms with Gasteiger partial charge in [0.05, 0.1) is 30.1 Å². The third-order valence-electron chi connectivity index (χ3n) is 7.49. The third kappa shape index (κ3) is 6.57. The van der Waals surface area contributed by atoms with E-state index in [1.807, 2.05) is 36.4 Å². The highest BCUT2D eigenvalue weighted by molar-refractivity contribution is 7.70. The fraction of sp³-hybridized carbons (Fsp3) is 0.429. The molecule has 2 aromatic rings. The number of amides is 1. The summed E-state index contributed by atoms with van der Waals surface area (Å²) in [4.78, 5) is 21.0. The molecule has 4 N–H and O–H groups in total. The van der Waals surface area contributed by atoms with Crippen LogP contribution in [0.1, 0.15) is 12.8 Å². The maximum absolute atomic E-state index is 12.8. The molecule has 40 heavy (non-hydrogen) atoms. The Hall–Kier alpha value is -3.20. The van der Waals surface area contributed by atoms with E-state index in [1.54, 1.807) is 26.7 Å². The first-order valence-corrected chi connectivity index (χ1v) is 16.5. The second-order valence-corrected chi connectivity index (χ2v) is 14.2. The Bertz CT molecular complexity index is 1350. The SMILES string of the molecule is COc1cc(N2CCC(N3CCNC(=O)C3)CC2)ccc1NC1N=CC(Cl)=C(Nc2ccccc2P(C)(C)=O)N1. The van der Waals surface area contributed by atoms with Crippen molar-refractivity contribution in [2.45, 2.75) is 25.2 Å². The van der Waals surface area contributed by atoms with Gasteiger partial charge in [-0.15, -0.1) is 0 Å². The number of methoxy groups -OCH3 is 1. The number of nitrogens with zero attached hydrogens (tertiary/aromatic N) is 3. The molecule has 0 spiro atoms. The van der Waals surface area contributed by atoms with Gasteiger partial charge in [0.2, 0.25) is 5.91 Å². The van der Waals surface area contributed by atoms with Crippen LogP contribution in [0.2, 0.25) is 0 Å². The van der Waals surface area contributed by atoms with Crippen LogP contribution in [0.5, 0.6) is 5.75 Å². The molecule has 5 rings (SSSR count). The van der Waals surface area contributed by atoms with E-state index >= 15 is 0 Å². The van der Waals surface area contributed by atoms with Gasteiger partial charge < -0.3 is 35.5 Å². The Balaban J connectivity index is 1.22. The number of ether oxygens (including phenoxy) is 1. The molecule has 12 heteroatoms. The van der Waals surface area contributed by atoms with Gasteiger partial charge in [0.1, 0.15) is 18.7 Å². The molecule has 10 nitrogen and oxygen atoms in total. The van der Waals surface area contributed by atoms with Crippen molar-refractivity contribution in [1.82, 2.24) is 15.5 Å². The van der Waals surface area contributed by atoms with Gasteiger partial charge in [-0.25, -0.2) is 4.99 Å². The number of anilines is 3. The summed E-state index contributed by atoms with van der Waals surface area (Å²) in [6.07, 6.45) is 3.14. The molecule has 214 valence electrons. The lowest BCUT2D eigenvalue weighted by atomic mass is 10.0. The van der Waals surface area contributed by atoms with E-state index in [-0.39, 0.29) is 5.91 Å². The number of hydrogen-bond donors (Lipinski definition) is 4. The monoisotopic (exact) mass is 585 g/mol. The first-order valence-electron chi connectivity index (χ1n) is 13.5. The molecule has 0 bridgehead atoms. The number of aliphatic imine (C=N–C) groups is 1. The van der Waals surface area contributed by atoms with Crippen LogP contribution in [0.25, 0.3) is 0 Å². The van der Waals surface area contributed by atoms with Crippen LogP contribution in [0, 0.1) is 0 Å². The van der Waals surface area contributed by atoms with Crippen molar-refractivity contribution in [3.05, 3.63) is 53.3 Å². The molecule has 0 aromatic heterocycles. The Labute approximate surface area is 240 Å². The summed E-state index contributed by atoms with van der Waals surface area (Å²) in [5.41, 5.74) is 2.63. The first-order chi connectivity index (χ1) is 19.2. The van der Waals surface area contributed by atoms with Gasteiger partial charge in [-0.05, 0) is 50.4 Å². The molecule has 1 unspecified atom stereocenters. The van der Waals surface area contributed by atoms with Gasteiger partial charge >= 0.3 is 0 Å². The van der Waals surface area contributed by atoms with E-state index in [4.69, 9.17) is 16.3 Å². The molecule has 3 aliphatic heterocycles. The molecule has 3 heterocycles. The van der Waals surface area contributed by atoms with E-state index in [9.17, 15) is 9.36 Å². The second-order valence-electron chi connectivity index (χ2n) is 10.6. The number of piperazine rings is 1. The largest absolute Gasteiger partial charge is 0.495 e. The number of rotatable bonds is 8. The number of carbonyl (C=O) groups excluding carboxylic acids is 1. The van der Waals surface area contributed by atoms with Crippen molar-refractivity contribution in [2.75, 3.05) is 68.7 Å². The van der Waals surface area contributed by atoms with Gasteiger partial charge in [-0.1, -0.05) is 23.7 Å². The summed E-state index contributed by atoms with van der Waals surface area (Å²) < 4.78 is 18.5. The van der Waals surface area contributed by atoms with Crippen molar-refractivity contribution in [3.8, 4) is 5.75 Å². The maximum atomic E-state index is 12.8. The van der Waals surface area contributed by atoms with E-state index in [0.717, 1.165) is 61.4 Å². The number of nitrogens with one attached hydrogen (secondary N) is 4. The molecule has 2 aromatic carbocycles. The number of piperidine rings is 1. The fourth-order valence-corrected chi connectivity index (χ4v) is 6.72. The fourth-order valence-electron chi connectivity index (χ4n) is 5.40. The summed E-state index contributed by atoms with van der Waals surface area (Å²) in [7, 11) is -0.841. The van der Waals surface area contributed by atoms with Gasteiger partial charge in [0, 0.05) is 55.5 Å². The van der Waals surface area contributed by atoms with E-state index < -0.39 is 13.4 Å². The molecule has 2 saturated heterocycles. The van der Waals surface area contributed by atoms with Crippen LogP contribution >= 0.6 is 18.7 Å². The predicted molar refractivity (Wildman–Crippen MR) is 164 cm³/mol. The molecule has 0 aliphatic carbocycles. The zero-order valence-corrected chi connectivity index (χ0v) is 24.8. The molecular formula is C28H37ClN7O3P. The van der Waals surface area contributed by atoms with Crippen LogP contribution in [0.15, 0.2) is 58.3 Å². The average Bonchev–Trinajstić information content (AvgIpc) is 2.95. The van der Waals surface area contributed by atoms with Crippen LogP contribution < -0.4 is 36.2 Å².